The van der Waals surface area contributed by atoms with Crippen LogP contribution in [0.5, 0.6) is 23.0 Å². The molecule has 1 aromatic carbocycles. The van der Waals surface area contributed by atoms with E-state index in [1.807, 2.05) is 0 Å². The van der Waals surface area contributed by atoms with Crippen LogP contribution in [0.4, 0.5) is 5.69 Å². The van der Waals surface area contributed by atoms with Gasteiger partial charge in [0.25, 0.3) is 5.91 Å². The molecular formula is C16H18N2O6. The molecule has 0 spiro atoms. The Balaban J connectivity index is 2.21. The van der Waals surface area contributed by atoms with E-state index in [1.165, 1.54) is 19.2 Å². The van der Waals surface area contributed by atoms with Gasteiger partial charge >= 0.3 is 0 Å². The number of ether oxygens (including phenoxy) is 2. The van der Waals surface area contributed by atoms with Gasteiger partial charge in [0.05, 0.1) is 26.1 Å². The van der Waals surface area contributed by atoms with Crippen LogP contribution < -0.4 is 14.8 Å². The number of hydrogen-bond acceptors (Lipinski definition) is 7. The molecule has 2 rings (SSSR count). The van der Waals surface area contributed by atoms with Crippen molar-refractivity contribution >= 4 is 11.6 Å². The van der Waals surface area contributed by atoms with Gasteiger partial charge in [0.1, 0.15) is 5.69 Å². The molecule has 0 bridgehead atoms. The summed E-state index contributed by atoms with van der Waals surface area (Å²) in [5.41, 5.74) is 0.110. The molecular weight excluding hydrogens is 316 g/mol. The third-order valence-corrected chi connectivity index (χ3v) is 3.13. The van der Waals surface area contributed by atoms with E-state index < -0.39 is 5.91 Å². The van der Waals surface area contributed by atoms with E-state index in [1.54, 1.807) is 6.07 Å². The lowest BCUT2D eigenvalue weighted by atomic mass is 10.2. The summed E-state index contributed by atoms with van der Waals surface area (Å²) >= 11 is 0. The molecule has 2 aromatic rings. The maximum Gasteiger partial charge on any atom is 0.256 e. The van der Waals surface area contributed by atoms with E-state index >= 15 is 0 Å². The number of benzene rings is 1. The van der Waals surface area contributed by atoms with Gasteiger partial charge in [0, 0.05) is 18.6 Å². The molecule has 1 heterocycles. The van der Waals surface area contributed by atoms with E-state index in [9.17, 15) is 15.0 Å². The number of nitrogens with one attached hydrogen (secondary N) is 1. The third kappa shape index (κ3) is 4.05. The van der Waals surface area contributed by atoms with Crippen LogP contribution in [-0.4, -0.2) is 46.5 Å². The highest BCUT2D eigenvalue weighted by atomic mass is 16.5. The van der Waals surface area contributed by atoms with Crippen LogP contribution in [0.2, 0.25) is 0 Å². The highest BCUT2D eigenvalue weighted by molar-refractivity contribution is 6.06. The largest absolute Gasteiger partial charge is 0.504 e. The Bertz CT molecular complexity index is 699. The number of methoxy groups -OCH3 is 1. The molecule has 0 radical (unpaired) electrons. The summed E-state index contributed by atoms with van der Waals surface area (Å²) in [6.07, 6.45) is 2.65. The molecule has 0 unspecified atom stereocenters. The summed E-state index contributed by atoms with van der Waals surface area (Å²) in [5.74, 6) is -0.463. The van der Waals surface area contributed by atoms with Crippen molar-refractivity contribution in [3.63, 3.8) is 0 Å². The number of carbonyl (C=O) groups is 1. The molecule has 0 saturated carbocycles. The van der Waals surface area contributed by atoms with E-state index in [0.29, 0.717) is 17.9 Å². The summed E-state index contributed by atoms with van der Waals surface area (Å²) in [4.78, 5) is 15.9. The number of aromatic nitrogens is 1. The number of aromatic hydroxyl groups is 2. The SMILES string of the molecule is COc1ccc(C(=O)Nc2c(O)cncc2O)cc1OCCCO. The van der Waals surface area contributed by atoms with Crippen molar-refractivity contribution in [2.45, 2.75) is 6.42 Å². The van der Waals surface area contributed by atoms with Crippen LogP contribution >= 0.6 is 0 Å². The van der Waals surface area contributed by atoms with Crippen molar-refractivity contribution < 1.29 is 29.6 Å². The Morgan fingerprint density at radius 1 is 1.21 bits per heavy atom. The monoisotopic (exact) mass is 334 g/mol. The van der Waals surface area contributed by atoms with E-state index in [-0.39, 0.29) is 36.0 Å². The van der Waals surface area contributed by atoms with Gasteiger partial charge in [0.2, 0.25) is 0 Å². The number of nitrogens with zero attached hydrogens (tertiary/aromatic N) is 1. The Morgan fingerprint density at radius 2 is 1.92 bits per heavy atom. The van der Waals surface area contributed by atoms with Gasteiger partial charge in [-0.25, -0.2) is 0 Å². The van der Waals surface area contributed by atoms with E-state index in [2.05, 4.69) is 10.3 Å². The maximum absolute atomic E-state index is 12.3. The zero-order valence-electron chi connectivity index (χ0n) is 13.0. The Kier molecular flexibility index (Phi) is 5.80. The van der Waals surface area contributed by atoms with Crippen LogP contribution in [0, 0.1) is 0 Å². The minimum absolute atomic E-state index is 0.0108. The summed E-state index contributed by atoms with van der Waals surface area (Å²) in [7, 11) is 1.47. The lowest BCUT2D eigenvalue weighted by Crippen LogP contribution is -2.13. The second-order valence-corrected chi connectivity index (χ2v) is 4.80. The van der Waals surface area contributed by atoms with Crippen molar-refractivity contribution in [2.24, 2.45) is 0 Å². The molecule has 24 heavy (non-hydrogen) atoms. The highest BCUT2D eigenvalue weighted by Crippen LogP contribution is 2.32. The molecule has 0 aliphatic rings. The molecule has 0 aliphatic carbocycles. The number of rotatable bonds is 7. The molecule has 0 fully saturated rings. The van der Waals surface area contributed by atoms with Gasteiger partial charge in [0.15, 0.2) is 23.0 Å². The number of pyridine rings is 1. The lowest BCUT2D eigenvalue weighted by Gasteiger charge is -2.13. The highest BCUT2D eigenvalue weighted by Gasteiger charge is 2.15. The standard InChI is InChI=1S/C16H18N2O6/c1-23-13-4-3-10(7-14(13)24-6-2-5-19)16(22)18-15-11(20)8-17-9-12(15)21/h3-4,7-9,19-21H,2,5-6H2,1H3,(H,17,18,22). The molecule has 1 amide bonds. The van der Waals surface area contributed by atoms with Crippen molar-refractivity contribution in [1.29, 1.82) is 0 Å². The fourth-order valence-electron chi connectivity index (χ4n) is 1.93. The summed E-state index contributed by atoms with van der Waals surface area (Å²) in [5, 5.41) is 30.5. The number of aliphatic hydroxyl groups excluding tert-OH is 1. The third-order valence-electron chi connectivity index (χ3n) is 3.13. The first kappa shape index (κ1) is 17.4. The lowest BCUT2D eigenvalue weighted by molar-refractivity contribution is 0.102. The first-order chi connectivity index (χ1) is 11.6. The summed E-state index contributed by atoms with van der Waals surface area (Å²) < 4.78 is 10.6. The Hall–Kier alpha value is -3.00. The zero-order chi connectivity index (χ0) is 17.5. The predicted molar refractivity (Wildman–Crippen MR) is 85.7 cm³/mol. The first-order valence-electron chi connectivity index (χ1n) is 7.15. The quantitative estimate of drug-likeness (QED) is 0.566. The number of carbonyl (C=O) groups excluding carboxylic acids is 1. The fraction of sp³-hybridized carbons (Fsp3) is 0.250. The van der Waals surface area contributed by atoms with Gasteiger partial charge in [-0.1, -0.05) is 0 Å². The molecule has 4 N–H and O–H groups in total. The maximum atomic E-state index is 12.3. The number of amides is 1. The molecule has 8 nitrogen and oxygen atoms in total. The van der Waals surface area contributed by atoms with Crippen LogP contribution in [0.1, 0.15) is 16.8 Å². The van der Waals surface area contributed by atoms with Gasteiger partial charge in [-0.05, 0) is 18.2 Å². The van der Waals surface area contributed by atoms with Crippen LogP contribution in [0.3, 0.4) is 0 Å². The van der Waals surface area contributed by atoms with Gasteiger partial charge in [-0.3, -0.25) is 9.78 Å². The molecule has 8 heteroatoms. The van der Waals surface area contributed by atoms with Crippen molar-refractivity contribution in [3.8, 4) is 23.0 Å². The number of hydrogen-bond donors (Lipinski definition) is 4. The van der Waals surface area contributed by atoms with Crippen LogP contribution in [-0.2, 0) is 0 Å². The van der Waals surface area contributed by atoms with Crippen LogP contribution in [0.15, 0.2) is 30.6 Å². The molecule has 0 atom stereocenters. The van der Waals surface area contributed by atoms with Gasteiger partial charge in [-0.15, -0.1) is 0 Å². The molecule has 0 saturated heterocycles. The Labute approximate surface area is 138 Å². The number of aliphatic hydroxyl groups is 1. The average Bonchev–Trinajstić information content (AvgIpc) is 2.58. The van der Waals surface area contributed by atoms with E-state index in [4.69, 9.17) is 14.6 Å². The molecule has 128 valence electrons. The Morgan fingerprint density at radius 3 is 2.54 bits per heavy atom. The number of anilines is 1. The summed E-state index contributed by atoms with van der Waals surface area (Å²) in [6, 6.07) is 4.55. The van der Waals surface area contributed by atoms with Gasteiger partial charge < -0.3 is 30.1 Å². The van der Waals surface area contributed by atoms with E-state index in [0.717, 1.165) is 12.4 Å². The molecule has 1 aromatic heterocycles. The predicted octanol–water partition coefficient (Wildman–Crippen LogP) is 1.51. The minimum atomic E-state index is -0.554. The van der Waals surface area contributed by atoms with Crippen molar-refractivity contribution in [2.75, 3.05) is 25.6 Å². The topological polar surface area (TPSA) is 121 Å². The average molecular weight is 334 g/mol. The zero-order valence-corrected chi connectivity index (χ0v) is 13.0. The molecule has 0 aliphatic heterocycles. The summed E-state index contributed by atoms with van der Waals surface area (Å²) in [6.45, 7) is 0.257. The minimum Gasteiger partial charge on any atom is -0.504 e. The van der Waals surface area contributed by atoms with Crippen LogP contribution in [0.25, 0.3) is 0 Å². The normalized spacial score (nSPS) is 10.2. The van der Waals surface area contributed by atoms with Crippen molar-refractivity contribution in [3.05, 3.63) is 36.2 Å². The smallest absolute Gasteiger partial charge is 0.256 e. The van der Waals surface area contributed by atoms with Gasteiger partial charge in [-0.2, -0.15) is 0 Å². The first-order valence-corrected chi connectivity index (χ1v) is 7.15. The second kappa shape index (κ2) is 8.02. The second-order valence-electron chi connectivity index (χ2n) is 4.80. The van der Waals surface area contributed by atoms with Crippen molar-refractivity contribution in [1.82, 2.24) is 4.98 Å². The fourth-order valence-corrected chi connectivity index (χ4v) is 1.93.